The highest BCUT2D eigenvalue weighted by Crippen LogP contribution is 2.31. The van der Waals surface area contributed by atoms with Crippen molar-refractivity contribution in [3.05, 3.63) is 65.9 Å². The molecule has 0 fully saturated rings. The fourth-order valence-corrected chi connectivity index (χ4v) is 3.08. The number of Topliss-reactive ketones (excluding diaryl/α,β-unsaturated/α-hetero) is 1. The number of carbonyl (C=O) groups excluding carboxylic acids is 1. The van der Waals surface area contributed by atoms with Crippen LogP contribution >= 0.6 is 0 Å². The molecule has 0 spiro atoms. The van der Waals surface area contributed by atoms with Gasteiger partial charge in [0.05, 0.1) is 12.2 Å². The number of benzene rings is 2. The van der Waals surface area contributed by atoms with Crippen LogP contribution in [0.15, 0.2) is 54.6 Å². The highest BCUT2D eigenvalue weighted by molar-refractivity contribution is 6.11. The zero-order valence-electron chi connectivity index (χ0n) is 14.2. The minimum Gasteiger partial charge on any atom is -0.494 e. The average Bonchev–Trinajstić information content (AvgIpc) is 2.90. The number of hydrogen-bond acceptors (Lipinski definition) is 2. The molecule has 136 valence electrons. The van der Waals surface area contributed by atoms with Crippen molar-refractivity contribution in [3.63, 3.8) is 0 Å². The van der Waals surface area contributed by atoms with Gasteiger partial charge in [-0.2, -0.15) is 13.2 Å². The van der Waals surface area contributed by atoms with Crippen LogP contribution in [0.4, 0.5) is 13.2 Å². The summed E-state index contributed by atoms with van der Waals surface area (Å²) in [5.41, 5.74) is 0.683. The molecule has 1 heterocycles. The molecule has 0 amide bonds. The van der Waals surface area contributed by atoms with Crippen molar-refractivity contribution < 1.29 is 22.7 Å². The Kier molecular flexibility index (Phi) is 5.02. The SMILES string of the molecule is Cc1c(C(=O)C(F)(F)F)c2ccccc2n1CCCOc1ccccc1. The molecule has 0 aliphatic heterocycles. The van der Waals surface area contributed by atoms with E-state index in [4.69, 9.17) is 4.74 Å². The minimum atomic E-state index is -4.89. The zero-order chi connectivity index (χ0) is 18.7. The van der Waals surface area contributed by atoms with E-state index in [-0.39, 0.29) is 5.56 Å². The van der Waals surface area contributed by atoms with Gasteiger partial charge < -0.3 is 9.30 Å². The molecule has 0 radical (unpaired) electrons. The number of ether oxygens (including phenoxy) is 1. The Morgan fingerprint density at radius 1 is 1.04 bits per heavy atom. The molecular weight excluding hydrogens is 343 g/mol. The molecule has 0 unspecified atom stereocenters. The predicted molar refractivity (Wildman–Crippen MR) is 93.6 cm³/mol. The van der Waals surface area contributed by atoms with Crippen LogP contribution in [0.3, 0.4) is 0 Å². The van der Waals surface area contributed by atoms with Gasteiger partial charge in [-0.25, -0.2) is 0 Å². The van der Waals surface area contributed by atoms with Gasteiger partial charge >= 0.3 is 6.18 Å². The quantitative estimate of drug-likeness (QED) is 0.448. The Hall–Kier alpha value is -2.76. The van der Waals surface area contributed by atoms with Crippen molar-refractivity contribution in [1.29, 1.82) is 0 Å². The molecule has 0 saturated carbocycles. The van der Waals surface area contributed by atoms with Crippen molar-refractivity contribution in [2.75, 3.05) is 6.61 Å². The number of halogens is 3. The molecule has 0 bridgehead atoms. The number of ketones is 1. The third-order valence-electron chi connectivity index (χ3n) is 4.25. The summed E-state index contributed by atoms with van der Waals surface area (Å²) in [6.07, 6.45) is -4.29. The first kappa shape index (κ1) is 18.0. The molecule has 0 saturated heterocycles. The van der Waals surface area contributed by atoms with Crippen LogP contribution in [-0.4, -0.2) is 23.1 Å². The van der Waals surface area contributed by atoms with E-state index >= 15 is 0 Å². The van der Waals surface area contributed by atoms with Crippen molar-refractivity contribution >= 4 is 16.7 Å². The number of fused-ring (bicyclic) bond motifs is 1. The molecular formula is C20H18F3NO2. The van der Waals surface area contributed by atoms with E-state index in [0.717, 1.165) is 5.75 Å². The molecule has 3 nitrogen and oxygen atoms in total. The van der Waals surface area contributed by atoms with Crippen LogP contribution in [0.1, 0.15) is 22.5 Å². The second-order valence-corrected chi connectivity index (χ2v) is 5.97. The maximum absolute atomic E-state index is 13.0. The van der Waals surface area contributed by atoms with Crippen LogP contribution in [0.2, 0.25) is 0 Å². The van der Waals surface area contributed by atoms with Crippen LogP contribution in [0.5, 0.6) is 5.75 Å². The first-order valence-electron chi connectivity index (χ1n) is 8.27. The highest BCUT2D eigenvalue weighted by Gasteiger charge is 2.41. The standard InChI is InChI=1S/C20H18F3NO2/c1-14-18(19(25)20(21,22)23)16-10-5-6-11-17(16)24(14)12-7-13-26-15-8-3-2-4-9-15/h2-6,8-11H,7,12-13H2,1H3. The summed E-state index contributed by atoms with van der Waals surface area (Å²) in [4.78, 5) is 11.9. The smallest absolute Gasteiger partial charge is 0.454 e. The van der Waals surface area contributed by atoms with E-state index in [9.17, 15) is 18.0 Å². The zero-order valence-corrected chi connectivity index (χ0v) is 14.2. The molecule has 3 aromatic rings. The number of aryl methyl sites for hydroxylation is 1. The molecule has 2 aromatic carbocycles. The summed E-state index contributed by atoms with van der Waals surface area (Å²) in [5, 5.41) is 0.330. The molecule has 0 aliphatic rings. The molecule has 3 rings (SSSR count). The Morgan fingerprint density at radius 2 is 1.69 bits per heavy atom. The second-order valence-electron chi connectivity index (χ2n) is 5.97. The topological polar surface area (TPSA) is 31.2 Å². The third kappa shape index (κ3) is 3.59. The summed E-state index contributed by atoms with van der Waals surface area (Å²) >= 11 is 0. The van der Waals surface area contributed by atoms with Crippen LogP contribution in [0, 0.1) is 6.92 Å². The number of nitrogens with zero attached hydrogens (tertiary/aromatic N) is 1. The van der Waals surface area contributed by atoms with Crippen molar-refractivity contribution in [2.24, 2.45) is 0 Å². The summed E-state index contributed by atoms with van der Waals surface area (Å²) in [5.74, 6) is -1.06. The molecule has 0 aliphatic carbocycles. The van der Waals surface area contributed by atoms with E-state index in [1.807, 2.05) is 30.3 Å². The molecule has 26 heavy (non-hydrogen) atoms. The summed E-state index contributed by atoms with van der Waals surface area (Å²) in [6.45, 7) is 2.44. The van der Waals surface area contributed by atoms with Crippen molar-refractivity contribution in [1.82, 2.24) is 4.57 Å². The average molecular weight is 361 g/mol. The highest BCUT2D eigenvalue weighted by atomic mass is 19.4. The molecule has 0 N–H and O–H groups in total. The molecule has 0 atom stereocenters. The Morgan fingerprint density at radius 3 is 2.38 bits per heavy atom. The lowest BCUT2D eigenvalue weighted by Gasteiger charge is -2.10. The number of para-hydroxylation sites is 2. The van der Waals surface area contributed by atoms with Gasteiger partial charge in [0, 0.05) is 23.1 Å². The van der Waals surface area contributed by atoms with E-state index in [1.54, 1.807) is 35.8 Å². The van der Waals surface area contributed by atoms with Gasteiger partial charge in [-0.05, 0) is 31.5 Å². The number of hydrogen-bond donors (Lipinski definition) is 0. The minimum absolute atomic E-state index is 0.267. The van der Waals surface area contributed by atoms with Gasteiger partial charge in [-0.15, -0.1) is 0 Å². The van der Waals surface area contributed by atoms with Gasteiger partial charge in [0.15, 0.2) is 0 Å². The summed E-state index contributed by atoms with van der Waals surface area (Å²) < 4.78 is 46.3. The maximum atomic E-state index is 13.0. The van der Waals surface area contributed by atoms with Gasteiger partial charge in [0.2, 0.25) is 0 Å². The van der Waals surface area contributed by atoms with Gasteiger partial charge in [-0.1, -0.05) is 36.4 Å². The predicted octanol–water partition coefficient (Wildman–Crippen LogP) is 5.16. The monoisotopic (exact) mass is 361 g/mol. The number of aromatic nitrogens is 1. The van der Waals surface area contributed by atoms with E-state index in [1.165, 1.54) is 0 Å². The first-order valence-corrected chi connectivity index (χ1v) is 8.27. The Bertz CT molecular complexity index is 914. The van der Waals surface area contributed by atoms with Crippen LogP contribution in [0.25, 0.3) is 10.9 Å². The second kappa shape index (κ2) is 7.23. The largest absolute Gasteiger partial charge is 0.494 e. The maximum Gasteiger partial charge on any atom is 0.454 e. The van der Waals surface area contributed by atoms with E-state index in [0.29, 0.717) is 36.2 Å². The van der Waals surface area contributed by atoms with Crippen LogP contribution in [-0.2, 0) is 6.54 Å². The summed E-state index contributed by atoms with van der Waals surface area (Å²) in [6, 6.07) is 16.0. The third-order valence-corrected chi connectivity index (χ3v) is 4.25. The lowest BCUT2D eigenvalue weighted by atomic mass is 10.1. The number of alkyl halides is 3. The summed E-state index contributed by atoms with van der Waals surface area (Å²) in [7, 11) is 0. The van der Waals surface area contributed by atoms with Crippen LogP contribution < -0.4 is 4.74 Å². The van der Waals surface area contributed by atoms with Crippen molar-refractivity contribution in [3.8, 4) is 5.75 Å². The van der Waals surface area contributed by atoms with E-state index < -0.39 is 12.0 Å². The van der Waals surface area contributed by atoms with E-state index in [2.05, 4.69) is 0 Å². The first-order chi connectivity index (χ1) is 12.4. The fraction of sp³-hybridized carbons (Fsp3) is 0.250. The molecule has 1 aromatic heterocycles. The lowest BCUT2D eigenvalue weighted by molar-refractivity contribution is -0.0884. The Balaban J connectivity index is 1.82. The lowest BCUT2D eigenvalue weighted by Crippen LogP contribution is -2.23. The number of carbonyl (C=O) groups is 1. The van der Waals surface area contributed by atoms with Gasteiger partial charge in [0.1, 0.15) is 5.75 Å². The normalized spacial score (nSPS) is 11.7. The number of rotatable bonds is 6. The molecule has 6 heteroatoms. The van der Waals surface area contributed by atoms with Gasteiger partial charge in [-0.3, -0.25) is 4.79 Å². The Labute approximate surface area is 149 Å². The fourth-order valence-electron chi connectivity index (χ4n) is 3.08. The van der Waals surface area contributed by atoms with Crippen molar-refractivity contribution in [2.45, 2.75) is 26.1 Å². The van der Waals surface area contributed by atoms with Gasteiger partial charge in [0.25, 0.3) is 5.78 Å².